The van der Waals surface area contributed by atoms with Crippen LogP contribution in [0.25, 0.3) is 0 Å². The van der Waals surface area contributed by atoms with Crippen molar-refractivity contribution in [2.24, 2.45) is 4.99 Å². The first-order valence-corrected chi connectivity index (χ1v) is 10.4. The van der Waals surface area contributed by atoms with Gasteiger partial charge in [-0.05, 0) is 42.3 Å². The number of hydrogen-bond acceptors (Lipinski definition) is 4. The van der Waals surface area contributed by atoms with Crippen LogP contribution >= 0.6 is 35.7 Å². The highest BCUT2D eigenvalue weighted by Gasteiger charge is 2.14. The summed E-state index contributed by atoms with van der Waals surface area (Å²) in [6, 6.07) is 16.1. The van der Waals surface area contributed by atoms with Crippen LogP contribution in [0.2, 0.25) is 0 Å². The molecular formula is C21H27IN4O2S. The number of anilines is 1. The lowest BCUT2D eigenvalue weighted by Crippen LogP contribution is -2.40. The Balaban J connectivity index is 0.00000300. The number of ether oxygens (including phenoxy) is 1. The van der Waals surface area contributed by atoms with E-state index < -0.39 is 0 Å². The molecule has 0 unspecified atom stereocenters. The lowest BCUT2D eigenvalue weighted by atomic mass is 10.0. The van der Waals surface area contributed by atoms with Crippen LogP contribution < -0.4 is 20.7 Å². The highest BCUT2D eigenvalue weighted by Crippen LogP contribution is 2.26. The topological polar surface area (TPSA) is 74.8 Å². The SMILES string of the molecule is CN=C(NCCOc1ccc2c(c1)CCC(=O)N2)NCCSc1ccccc1.I. The molecule has 156 valence electrons. The van der Waals surface area contributed by atoms with Gasteiger partial charge in [0.2, 0.25) is 5.91 Å². The lowest BCUT2D eigenvalue weighted by molar-refractivity contribution is -0.116. The van der Waals surface area contributed by atoms with E-state index in [-0.39, 0.29) is 29.9 Å². The summed E-state index contributed by atoms with van der Waals surface area (Å²) in [6.07, 6.45) is 1.29. The molecule has 29 heavy (non-hydrogen) atoms. The molecule has 0 saturated heterocycles. The smallest absolute Gasteiger partial charge is 0.224 e. The van der Waals surface area contributed by atoms with Gasteiger partial charge in [-0.2, -0.15) is 0 Å². The Kier molecular flexibility index (Phi) is 10.1. The van der Waals surface area contributed by atoms with Crippen LogP contribution in [0.3, 0.4) is 0 Å². The Hall–Kier alpha value is -1.94. The number of amides is 1. The molecule has 6 nitrogen and oxygen atoms in total. The zero-order valence-electron chi connectivity index (χ0n) is 16.4. The fourth-order valence-electron chi connectivity index (χ4n) is 2.86. The largest absolute Gasteiger partial charge is 0.492 e. The number of carbonyl (C=O) groups is 1. The van der Waals surface area contributed by atoms with Crippen LogP contribution in [-0.4, -0.2) is 44.4 Å². The summed E-state index contributed by atoms with van der Waals surface area (Å²) in [5, 5.41) is 9.44. The summed E-state index contributed by atoms with van der Waals surface area (Å²) in [4.78, 5) is 16.9. The Morgan fingerprint density at radius 2 is 1.93 bits per heavy atom. The first-order valence-electron chi connectivity index (χ1n) is 9.42. The molecular weight excluding hydrogens is 499 g/mol. The van der Waals surface area contributed by atoms with E-state index in [0.29, 0.717) is 19.6 Å². The number of rotatable bonds is 8. The molecule has 0 saturated carbocycles. The second-order valence-electron chi connectivity index (χ2n) is 6.30. The van der Waals surface area contributed by atoms with E-state index in [2.05, 4.69) is 45.2 Å². The van der Waals surface area contributed by atoms with E-state index in [9.17, 15) is 4.79 Å². The monoisotopic (exact) mass is 526 g/mol. The van der Waals surface area contributed by atoms with E-state index >= 15 is 0 Å². The maximum atomic E-state index is 11.4. The molecule has 2 aromatic carbocycles. The lowest BCUT2D eigenvalue weighted by Gasteiger charge is -2.18. The van der Waals surface area contributed by atoms with E-state index in [1.54, 1.807) is 7.05 Å². The minimum Gasteiger partial charge on any atom is -0.492 e. The van der Waals surface area contributed by atoms with E-state index in [1.807, 2.05) is 36.0 Å². The van der Waals surface area contributed by atoms with Crippen molar-refractivity contribution in [2.75, 3.05) is 37.8 Å². The third kappa shape index (κ3) is 7.77. The van der Waals surface area contributed by atoms with Gasteiger partial charge in [0.15, 0.2) is 5.96 Å². The van der Waals surface area contributed by atoms with Gasteiger partial charge in [0, 0.05) is 36.3 Å². The second kappa shape index (κ2) is 12.6. The maximum absolute atomic E-state index is 11.4. The molecule has 0 spiro atoms. The Bertz CT molecular complexity index is 818. The Morgan fingerprint density at radius 1 is 1.14 bits per heavy atom. The molecule has 1 aliphatic rings. The quantitative estimate of drug-likeness (QED) is 0.161. The molecule has 2 aromatic rings. The van der Waals surface area contributed by atoms with Gasteiger partial charge in [-0.25, -0.2) is 0 Å². The molecule has 1 amide bonds. The number of benzene rings is 2. The van der Waals surface area contributed by atoms with Crippen LogP contribution in [-0.2, 0) is 11.2 Å². The third-order valence-electron chi connectivity index (χ3n) is 4.27. The average Bonchev–Trinajstić information content (AvgIpc) is 2.73. The fourth-order valence-corrected chi connectivity index (χ4v) is 3.65. The molecule has 0 atom stereocenters. The summed E-state index contributed by atoms with van der Waals surface area (Å²) in [7, 11) is 1.76. The van der Waals surface area contributed by atoms with Crippen molar-refractivity contribution >= 4 is 53.3 Å². The number of carbonyl (C=O) groups excluding carboxylic acids is 1. The molecule has 0 fully saturated rings. The minimum absolute atomic E-state index is 0. The first-order chi connectivity index (χ1) is 13.7. The molecule has 0 radical (unpaired) electrons. The molecule has 1 aliphatic heterocycles. The summed E-state index contributed by atoms with van der Waals surface area (Å²) in [5.74, 6) is 2.63. The molecule has 0 bridgehead atoms. The maximum Gasteiger partial charge on any atom is 0.224 e. The van der Waals surface area contributed by atoms with E-state index in [1.165, 1.54) is 4.90 Å². The van der Waals surface area contributed by atoms with Gasteiger partial charge in [-0.3, -0.25) is 9.79 Å². The number of hydrogen-bond donors (Lipinski definition) is 3. The van der Waals surface area contributed by atoms with Crippen molar-refractivity contribution in [1.82, 2.24) is 10.6 Å². The predicted octanol–water partition coefficient (Wildman–Crippen LogP) is 3.53. The number of fused-ring (bicyclic) bond motifs is 1. The summed E-state index contributed by atoms with van der Waals surface area (Å²) in [5.41, 5.74) is 2.01. The van der Waals surface area contributed by atoms with Crippen LogP contribution in [0.5, 0.6) is 5.75 Å². The van der Waals surface area contributed by atoms with Gasteiger partial charge in [-0.1, -0.05) is 18.2 Å². The van der Waals surface area contributed by atoms with E-state index in [4.69, 9.17) is 4.74 Å². The van der Waals surface area contributed by atoms with Gasteiger partial charge in [0.05, 0.1) is 6.54 Å². The number of thioether (sulfide) groups is 1. The van der Waals surface area contributed by atoms with Crippen LogP contribution in [0.4, 0.5) is 5.69 Å². The van der Waals surface area contributed by atoms with E-state index in [0.717, 1.165) is 41.7 Å². The van der Waals surface area contributed by atoms with Gasteiger partial charge < -0.3 is 20.7 Å². The van der Waals surface area contributed by atoms with Gasteiger partial charge in [-0.15, -0.1) is 35.7 Å². The second-order valence-corrected chi connectivity index (χ2v) is 7.47. The Morgan fingerprint density at radius 3 is 2.72 bits per heavy atom. The summed E-state index contributed by atoms with van der Waals surface area (Å²) in [6.45, 7) is 2.01. The number of nitrogens with one attached hydrogen (secondary N) is 3. The highest BCUT2D eigenvalue weighted by molar-refractivity contribution is 14.0. The number of nitrogens with zero attached hydrogens (tertiary/aromatic N) is 1. The third-order valence-corrected chi connectivity index (χ3v) is 5.28. The molecule has 0 aliphatic carbocycles. The molecule has 3 rings (SSSR count). The highest BCUT2D eigenvalue weighted by atomic mass is 127. The average molecular weight is 526 g/mol. The van der Waals surface area contributed by atoms with Crippen molar-refractivity contribution in [2.45, 2.75) is 17.7 Å². The first kappa shape index (κ1) is 23.3. The van der Waals surface area contributed by atoms with Crippen molar-refractivity contribution < 1.29 is 9.53 Å². The predicted molar refractivity (Wildman–Crippen MR) is 131 cm³/mol. The minimum atomic E-state index is 0. The fraction of sp³-hybridized carbons (Fsp3) is 0.333. The van der Waals surface area contributed by atoms with Gasteiger partial charge in [0.1, 0.15) is 12.4 Å². The van der Waals surface area contributed by atoms with Crippen molar-refractivity contribution in [3.8, 4) is 5.75 Å². The number of aliphatic imine (C=N–C) groups is 1. The van der Waals surface area contributed by atoms with Gasteiger partial charge >= 0.3 is 0 Å². The summed E-state index contributed by atoms with van der Waals surface area (Å²) >= 11 is 1.81. The zero-order valence-corrected chi connectivity index (χ0v) is 19.6. The van der Waals surface area contributed by atoms with Crippen molar-refractivity contribution in [1.29, 1.82) is 0 Å². The standard InChI is InChI=1S/C21H26N4O2S.HI/c1-22-21(24-12-14-28-18-5-3-2-4-6-18)23-11-13-27-17-8-9-19-16(15-17)7-10-20(26)25-19;/h2-6,8-9,15H,7,10-14H2,1H3,(H,25,26)(H2,22,23,24);1H. The van der Waals surface area contributed by atoms with Crippen LogP contribution in [0.1, 0.15) is 12.0 Å². The molecule has 3 N–H and O–H groups in total. The molecule has 1 heterocycles. The molecule has 8 heteroatoms. The zero-order chi connectivity index (χ0) is 19.6. The number of halogens is 1. The van der Waals surface area contributed by atoms with Crippen LogP contribution in [0.15, 0.2) is 58.4 Å². The van der Waals surface area contributed by atoms with Crippen LogP contribution in [0, 0.1) is 0 Å². The van der Waals surface area contributed by atoms with Crippen molar-refractivity contribution in [3.05, 3.63) is 54.1 Å². The van der Waals surface area contributed by atoms with Crippen molar-refractivity contribution in [3.63, 3.8) is 0 Å². The Labute approximate surface area is 193 Å². The molecule has 0 aromatic heterocycles. The number of aryl methyl sites for hydroxylation is 1. The number of guanidine groups is 1. The summed E-state index contributed by atoms with van der Waals surface area (Å²) < 4.78 is 5.82. The normalized spacial score (nSPS) is 13.0. The van der Waals surface area contributed by atoms with Gasteiger partial charge in [0.25, 0.3) is 0 Å².